The Hall–Kier alpha value is -0.100. The van der Waals surface area contributed by atoms with Gasteiger partial charge in [0.1, 0.15) is 0 Å². The average Bonchev–Trinajstić information content (AvgIpc) is 2.57. The summed E-state index contributed by atoms with van der Waals surface area (Å²) >= 11 is 1.19. The van der Waals surface area contributed by atoms with E-state index >= 15 is 0 Å². The zero-order valence-corrected chi connectivity index (χ0v) is 14.7. The Morgan fingerprint density at radius 1 is 1.15 bits per heavy atom. The number of ether oxygens (including phenoxy) is 2. The molecule has 0 aromatic heterocycles. The zero-order chi connectivity index (χ0) is 16.0. The highest BCUT2D eigenvalue weighted by molar-refractivity contribution is 8.14. The number of aliphatic hydroxyl groups is 1. The zero-order valence-electron chi connectivity index (χ0n) is 13.9. The third-order valence-corrected chi connectivity index (χ3v) is 4.30. The molecule has 0 amide bonds. The Bertz CT molecular complexity index is 373. The molecule has 0 aliphatic carbocycles. The minimum Gasteiger partial charge on any atom is -0.387 e. The summed E-state index contributed by atoms with van der Waals surface area (Å²) < 4.78 is 11.4. The van der Waals surface area contributed by atoms with Gasteiger partial charge in [-0.1, -0.05) is 53.3 Å². The van der Waals surface area contributed by atoms with Crippen molar-refractivity contribution in [2.75, 3.05) is 6.61 Å². The molecule has 1 aliphatic rings. The molecule has 0 radical (unpaired) electrons. The van der Waals surface area contributed by atoms with E-state index in [9.17, 15) is 9.90 Å². The Labute approximate surface area is 126 Å². The van der Waals surface area contributed by atoms with E-state index in [1.54, 1.807) is 13.8 Å². The maximum Gasteiger partial charge on any atom is 0.226 e. The van der Waals surface area contributed by atoms with Gasteiger partial charge >= 0.3 is 0 Å². The summed E-state index contributed by atoms with van der Waals surface area (Å²) in [6, 6.07) is 0. The minimum absolute atomic E-state index is 0.0837. The number of hydrogen-bond donors (Lipinski definition) is 1. The fourth-order valence-electron chi connectivity index (χ4n) is 1.91. The van der Waals surface area contributed by atoms with Crippen LogP contribution in [0.15, 0.2) is 0 Å². The van der Waals surface area contributed by atoms with Crippen LogP contribution >= 0.6 is 11.8 Å². The van der Waals surface area contributed by atoms with Crippen LogP contribution in [0.1, 0.15) is 55.4 Å². The predicted molar refractivity (Wildman–Crippen MR) is 81.7 cm³/mol. The first-order chi connectivity index (χ1) is 8.69. The number of carbonyl (C=O) groups excluding carboxylic acids is 1. The number of thioether (sulfide) groups is 1. The monoisotopic (exact) mass is 304 g/mol. The highest BCUT2D eigenvalue weighted by atomic mass is 32.2. The maximum atomic E-state index is 12.7. The molecule has 0 saturated carbocycles. The minimum atomic E-state index is -1.32. The Morgan fingerprint density at radius 2 is 1.65 bits per heavy atom. The van der Waals surface area contributed by atoms with Gasteiger partial charge in [0.2, 0.25) is 5.12 Å². The van der Waals surface area contributed by atoms with Gasteiger partial charge in [-0.05, 0) is 13.8 Å². The fourth-order valence-corrected chi connectivity index (χ4v) is 2.99. The van der Waals surface area contributed by atoms with E-state index in [4.69, 9.17) is 9.47 Å². The van der Waals surface area contributed by atoms with Crippen molar-refractivity contribution in [2.45, 2.75) is 77.6 Å². The van der Waals surface area contributed by atoms with Crippen molar-refractivity contribution in [3.8, 4) is 0 Å². The third-order valence-electron chi connectivity index (χ3n) is 3.17. The van der Waals surface area contributed by atoms with E-state index in [2.05, 4.69) is 0 Å². The third kappa shape index (κ3) is 3.75. The molecule has 0 aromatic rings. The van der Waals surface area contributed by atoms with Gasteiger partial charge in [-0.15, -0.1) is 0 Å². The van der Waals surface area contributed by atoms with Crippen molar-refractivity contribution in [3.05, 3.63) is 0 Å². The summed E-state index contributed by atoms with van der Waals surface area (Å²) in [6.45, 7) is 15.1. The van der Waals surface area contributed by atoms with E-state index in [0.29, 0.717) is 0 Å². The lowest BCUT2D eigenvalue weighted by molar-refractivity contribution is -0.191. The summed E-state index contributed by atoms with van der Waals surface area (Å²) in [5, 5.41) is 10.3. The molecule has 20 heavy (non-hydrogen) atoms. The maximum absolute atomic E-state index is 12.7. The van der Waals surface area contributed by atoms with Gasteiger partial charge in [-0.3, -0.25) is 4.79 Å². The summed E-state index contributed by atoms with van der Waals surface area (Å²) in [6.07, 6.45) is -0.501. The lowest BCUT2D eigenvalue weighted by atomic mass is 9.87. The molecule has 0 aromatic carbocycles. The predicted octanol–water partition coefficient (Wildman–Crippen LogP) is 2.97. The molecular weight excluding hydrogens is 276 g/mol. The smallest absolute Gasteiger partial charge is 0.226 e. The van der Waals surface area contributed by atoms with Crippen LogP contribution in [0, 0.1) is 5.41 Å². The van der Waals surface area contributed by atoms with E-state index in [1.165, 1.54) is 11.8 Å². The summed E-state index contributed by atoms with van der Waals surface area (Å²) in [5.74, 6) is 0. The second kappa shape index (κ2) is 5.27. The second-order valence-corrected chi connectivity index (χ2v) is 9.81. The van der Waals surface area contributed by atoms with Crippen molar-refractivity contribution >= 4 is 16.9 Å². The molecule has 2 unspecified atom stereocenters. The largest absolute Gasteiger partial charge is 0.387 e. The van der Waals surface area contributed by atoms with Crippen LogP contribution in [0.4, 0.5) is 0 Å². The van der Waals surface area contributed by atoms with Crippen LogP contribution in [-0.2, 0) is 14.3 Å². The van der Waals surface area contributed by atoms with Gasteiger partial charge in [0.15, 0.2) is 11.9 Å². The molecular formula is C15H28O4S. The first-order valence-electron chi connectivity index (χ1n) is 6.94. The van der Waals surface area contributed by atoms with E-state index < -0.39 is 17.5 Å². The SMILES string of the molecule is CC(C)(C)SC(=O)C1(C(C)(C)O)COC(C(C)(C)C)O1. The summed E-state index contributed by atoms with van der Waals surface area (Å²) in [5.41, 5.74) is -2.87. The van der Waals surface area contributed by atoms with Crippen molar-refractivity contribution in [2.24, 2.45) is 5.41 Å². The quantitative estimate of drug-likeness (QED) is 0.850. The van der Waals surface area contributed by atoms with Crippen molar-refractivity contribution in [3.63, 3.8) is 0 Å². The number of carbonyl (C=O) groups is 1. The second-order valence-electron chi connectivity index (χ2n) is 8.01. The molecule has 0 bridgehead atoms. The van der Waals surface area contributed by atoms with Crippen LogP contribution in [0.25, 0.3) is 0 Å². The van der Waals surface area contributed by atoms with Crippen molar-refractivity contribution < 1.29 is 19.4 Å². The molecule has 1 rings (SSSR count). The van der Waals surface area contributed by atoms with Crippen LogP contribution < -0.4 is 0 Å². The van der Waals surface area contributed by atoms with Crippen molar-refractivity contribution in [1.29, 1.82) is 0 Å². The van der Waals surface area contributed by atoms with E-state index in [1.807, 2.05) is 41.5 Å². The summed E-state index contributed by atoms with van der Waals surface area (Å²) in [4.78, 5) is 12.7. The van der Waals surface area contributed by atoms with Crippen LogP contribution in [0.2, 0.25) is 0 Å². The summed E-state index contributed by atoms with van der Waals surface area (Å²) in [7, 11) is 0. The van der Waals surface area contributed by atoms with E-state index in [-0.39, 0.29) is 21.9 Å². The molecule has 1 fully saturated rings. The number of hydrogen-bond acceptors (Lipinski definition) is 5. The molecule has 2 atom stereocenters. The van der Waals surface area contributed by atoms with Gasteiger partial charge in [-0.2, -0.15) is 0 Å². The molecule has 118 valence electrons. The van der Waals surface area contributed by atoms with Gasteiger partial charge in [-0.25, -0.2) is 0 Å². The van der Waals surface area contributed by atoms with Crippen LogP contribution in [0.3, 0.4) is 0 Å². The fraction of sp³-hybridized carbons (Fsp3) is 0.933. The molecule has 1 N–H and O–H groups in total. The average molecular weight is 304 g/mol. The van der Waals surface area contributed by atoms with Gasteiger partial charge in [0.05, 0.1) is 12.2 Å². The van der Waals surface area contributed by atoms with Gasteiger partial charge < -0.3 is 14.6 Å². The molecule has 1 aliphatic heterocycles. The van der Waals surface area contributed by atoms with Gasteiger partial charge in [0.25, 0.3) is 0 Å². The molecule has 1 saturated heterocycles. The first kappa shape index (κ1) is 18.0. The Kier molecular flexibility index (Phi) is 4.73. The lowest BCUT2D eigenvalue weighted by Crippen LogP contribution is -2.58. The molecule has 5 heteroatoms. The lowest BCUT2D eigenvalue weighted by Gasteiger charge is -2.38. The number of rotatable bonds is 2. The van der Waals surface area contributed by atoms with Gasteiger partial charge in [0, 0.05) is 10.2 Å². The Balaban J connectivity index is 3.07. The topological polar surface area (TPSA) is 55.8 Å². The first-order valence-corrected chi connectivity index (χ1v) is 7.76. The van der Waals surface area contributed by atoms with Crippen LogP contribution in [0.5, 0.6) is 0 Å². The highest BCUT2D eigenvalue weighted by Crippen LogP contribution is 2.44. The molecule has 1 heterocycles. The Morgan fingerprint density at radius 3 is 1.95 bits per heavy atom. The normalized spacial score (nSPS) is 28.8. The standard InChI is InChI=1S/C15H28O4S/c1-12(2,3)11-18-9-15(19-11,14(7,8)17)10(16)20-13(4,5)6/h11,17H,9H2,1-8H3. The van der Waals surface area contributed by atoms with Crippen LogP contribution in [-0.4, -0.2) is 39.1 Å². The van der Waals surface area contributed by atoms with Crippen molar-refractivity contribution in [1.82, 2.24) is 0 Å². The van der Waals surface area contributed by atoms with E-state index in [0.717, 1.165) is 0 Å². The molecule has 0 spiro atoms. The molecule has 4 nitrogen and oxygen atoms in total. The highest BCUT2D eigenvalue weighted by Gasteiger charge is 2.59.